The lowest BCUT2D eigenvalue weighted by Gasteiger charge is -2.40. The molecule has 2 aliphatic heterocycles. The molecule has 3 aliphatic rings. The normalized spacial score (nSPS) is 23.7. The number of aliphatic carboxylic acids is 1. The van der Waals surface area contributed by atoms with Gasteiger partial charge in [-0.1, -0.05) is 85.8 Å². The second kappa shape index (κ2) is 11.6. The highest BCUT2D eigenvalue weighted by Gasteiger charge is 2.49. The molecule has 3 atom stereocenters. The number of alkyl carbamates (subject to hydrolysis) is 1. The fraction of sp³-hybridized carbons (Fsp3) is 0.382. The molecule has 0 saturated carbocycles. The average Bonchev–Trinajstić information content (AvgIpc) is 3.55. The zero-order valence-electron chi connectivity index (χ0n) is 23.9. The lowest BCUT2D eigenvalue weighted by Crippen LogP contribution is -2.63. The fourth-order valence-electron chi connectivity index (χ4n) is 7.02. The summed E-state index contributed by atoms with van der Waals surface area (Å²) in [5, 5.41) is 12.6. The Labute approximate surface area is 246 Å². The van der Waals surface area contributed by atoms with Gasteiger partial charge in [0.2, 0.25) is 5.91 Å². The van der Waals surface area contributed by atoms with E-state index in [2.05, 4.69) is 46.6 Å². The van der Waals surface area contributed by atoms with E-state index in [1.165, 1.54) is 0 Å². The summed E-state index contributed by atoms with van der Waals surface area (Å²) in [6, 6.07) is 26.4. The molecule has 3 unspecified atom stereocenters. The highest BCUT2D eigenvalue weighted by atomic mass is 16.5. The highest BCUT2D eigenvalue weighted by molar-refractivity contribution is 5.91. The van der Waals surface area contributed by atoms with Crippen molar-refractivity contribution in [2.45, 2.75) is 37.8 Å². The molecule has 0 bridgehead atoms. The number of rotatable bonds is 7. The molecule has 6 rings (SSSR count). The maximum Gasteiger partial charge on any atom is 0.408 e. The van der Waals surface area contributed by atoms with Gasteiger partial charge in [0.25, 0.3) is 0 Å². The van der Waals surface area contributed by atoms with E-state index in [0.717, 1.165) is 27.8 Å². The molecule has 3 aromatic rings. The molecule has 2 saturated heterocycles. The summed E-state index contributed by atoms with van der Waals surface area (Å²) in [7, 11) is 0. The zero-order chi connectivity index (χ0) is 29.3. The van der Waals surface area contributed by atoms with Gasteiger partial charge in [0.1, 0.15) is 12.1 Å². The Bertz CT molecular complexity index is 1430. The quantitative estimate of drug-likeness (QED) is 0.428. The van der Waals surface area contributed by atoms with Crippen LogP contribution < -0.4 is 5.32 Å². The molecule has 8 heteroatoms. The molecule has 0 radical (unpaired) electrons. The van der Waals surface area contributed by atoms with Crippen molar-refractivity contribution in [1.29, 1.82) is 0 Å². The van der Waals surface area contributed by atoms with Crippen LogP contribution in [0.4, 0.5) is 4.79 Å². The van der Waals surface area contributed by atoms with Crippen LogP contribution in [0.25, 0.3) is 11.1 Å². The van der Waals surface area contributed by atoms with Gasteiger partial charge in [-0.15, -0.1) is 0 Å². The van der Waals surface area contributed by atoms with Crippen molar-refractivity contribution >= 4 is 18.0 Å². The molecule has 1 aliphatic carbocycles. The number of nitrogens with one attached hydrogen (secondary N) is 1. The lowest BCUT2D eigenvalue weighted by molar-refractivity contribution is -0.150. The maximum absolute atomic E-state index is 14.1. The molecule has 42 heavy (non-hydrogen) atoms. The lowest BCUT2D eigenvalue weighted by atomic mass is 9.85. The number of fused-ring (bicyclic) bond motifs is 3. The molecule has 8 nitrogen and oxygen atoms in total. The van der Waals surface area contributed by atoms with E-state index in [1.54, 1.807) is 4.90 Å². The molecule has 2 heterocycles. The third-order valence-electron chi connectivity index (χ3n) is 9.20. The van der Waals surface area contributed by atoms with Crippen molar-refractivity contribution < 1.29 is 24.2 Å². The van der Waals surface area contributed by atoms with Crippen molar-refractivity contribution in [3.63, 3.8) is 0 Å². The van der Waals surface area contributed by atoms with E-state index >= 15 is 0 Å². The molecular weight excluding hydrogens is 530 g/mol. The van der Waals surface area contributed by atoms with Crippen LogP contribution in [0.15, 0.2) is 78.9 Å². The molecule has 0 aromatic heterocycles. The van der Waals surface area contributed by atoms with Crippen molar-refractivity contribution in [3.8, 4) is 11.1 Å². The number of nitrogens with zero attached hydrogens (tertiary/aromatic N) is 2. The summed E-state index contributed by atoms with van der Waals surface area (Å²) in [5.74, 6) is -1.71. The minimum atomic E-state index is -1.15. The number of likely N-dealkylation sites (tertiary alicyclic amines) is 2. The SMILES string of the molecule is CC1CN(C(=O)C2(NC(=O)OCC3c4ccccc4-c4ccccc43)CCN(Cc3ccccc3)C2)CCC1C(=O)O. The minimum absolute atomic E-state index is 0.0798. The van der Waals surface area contributed by atoms with Gasteiger partial charge in [0, 0.05) is 38.6 Å². The molecule has 2 N–H and O–H groups in total. The number of carbonyl (C=O) groups excluding carboxylic acids is 2. The van der Waals surface area contributed by atoms with E-state index in [0.29, 0.717) is 45.6 Å². The van der Waals surface area contributed by atoms with Crippen molar-refractivity contribution in [1.82, 2.24) is 15.1 Å². The fourth-order valence-corrected chi connectivity index (χ4v) is 7.02. The number of amides is 2. The Balaban J connectivity index is 1.19. The summed E-state index contributed by atoms with van der Waals surface area (Å²) in [5.41, 5.74) is 4.55. The van der Waals surface area contributed by atoms with Crippen molar-refractivity contribution in [3.05, 3.63) is 95.6 Å². The molecule has 218 valence electrons. The molecule has 3 aromatic carbocycles. The summed E-state index contributed by atoms with van der Waals surface area (Å²) in [6.45, 7) is 4.41. The van der Waals surface area contributed by atoms with E-state index < -0.39 is 23.5 Å². The Hall–Kier alpha value is -4.17. The van der Waals surface area contributed by atoms with Gasteiger partial charge < -0.3 is 20.1 Å². The van der Waals surface area contributed by atoms with E-state index in [4.69, 9.17) is 4.74 Å². The number of carboxylic acids is 1. The topological polar surface area (TPSA) is 99.2 Å². The van der Waals surface area contributed by atoms with Crippen molar-refractivity contribution in [2.24, 2.45) is 11.8 Å². The third-order valence-corrected chi connectivity index (χ3v) is 9.20. The summed E-state index contributed by atoms with van der Waals surface area (Å²) < 4.78 is 5.87. The number of piperidine rings is 1. The monoisotopic (exact) mass is 567 g/mol. The van der Waals surface area contributed by atoms with Gasteiger partial charge in [0.05, 0.1) is 5.92 Å². The zero-order valence-corrected chi connectivity index (χ0v) is 23.9. The smallest absolute Gasteiger partial charge is 0.408 e. The number of benzene rings is 3. The number of ether oxygens (including phenoxy) is 1. The first-order valence-corrected chi connectivity index (χ1v) is 14.8. The van der Waals surface area contributed by atoms with Crippen molar-refractivity contribution in [2.75, 3.05) is 32.8 Å². The van der Waals surface area contributed by atoms with Gasteiger partial charge in [-0.25, -0.2) is 4.79 Å². The summed E-state index contributed by atoms with van der Waals surface area (Å²) in [4.78, 5) is 43.2. The Morgan fingerprint density at radius 1 is 0.929 bits per heavy atom. The first kappa shape index (κ1) is 28.0. The second-order valence-corrected chi connectivity index (χ2v) is 11.9. The van der Waals surface area contributed by atoms with Gasteiger partial charge in [-0.3, -0.25) is 14.5 Å². The van der Waals surface area contributed by atoms with Crippen LogP contribution in [0.1, 0.15) is 42.4 Å². The van der Waals surface area contributed by atoms with Crippen LogP contribution in [0.5, 0.6) is 0 Å². The van der Waals surface area contributed by atoms with Gasteiger partial charge >= 0.3 is 12.1 Å². The van der Waals surface area contributed by atoms with E-state index in [-0.39, 0.29) is 24.3 Å². The number of carboxylic acid groups (broad SMARTS) is 1. The maximum atomic E-state index is 14.1. The van der Waals surface area contributed by atoms with E-state index in [1.807, 2.05) is 49.4 Å². The third kappa shape index (κ3) is 5.39. The van der Waals surface area contributed by atoms with Gasteiger partial charge in [-0.2, -0.15) is 0 Å². The predicted molar refractivity (Wildman–Crippen MR) is 159 cm³/mol. The van der Waals surface area contributed by atoms with Crippen LogP contribution in [0.2, 0.25) is 0 Å². The Morgan fingerprint density at radius 2 is 1.57 bits per heavy atom. The number of hydrogen-bond donors (Lipinski definition) is 2. The van der Waals surface area contributed by atoms with Crippen LogP contribution in [-0.4, -0.2) is 71.2 Å². The molecule has 0 spiro atoms. The standard InChI is InChI=1S/C34H37N3O5/c1-23-19-37(17-15-25(23)31(38)39)32(40)34(16-18-36(22-34)20-24-9-3-2-4-10-24)35-33(41)42-21-30-28-13-7-5-11-26(28)27-12-6-8-14-29(27)30/h2-14,23,25,30H,15-22H2,1H3,(H,35,41)(H,38,39). The highest BCUT2D eigenvalue weighted by Crippen LogP contribution is 2.44. The second-order valence-electron chi connectivity index (χ2n) is 11.9. The number of carbonyl (C=O) groups is 3. The van der Waals surface area contributed by atoms with Crippen LogP contribution in [0, 0.1) is 11.8 Å². The predicted octanol–water partition coefficient (Wildman–Crippen LogP) is 4.74. The van der Waals surface area contributed by atoms with Crippen LogP contribution in [0.3, 0.4) is 0 Å². The number of hydrogen-bond acceptors (Lipinski definition) is 5. The first-order chi connectivity index (χ1) is 20.3. The van der Waals surface area contributed by atoms with Gasteiger partial charge in [0.15, 0.2) is 0 Å². The van der Waals surface area contributed by atoms with Crippen LogP contribution >= 0.6 is 0 Å². The Morgan fingerprint density at radius 3 is 2.21 bits per heavy atom. The Kier molecular flexibility index (Phi) is 7.73. The van der Waals surface area contributed by atoms with Gasteiger partial charge in [-0.05, 0) is 46.6 Å². The van der Waals surface area contributed by atoms with E-state index in [9.17, 15) is 19.5 Å². The largest absolute Gasteiger partial charge is 0.481 e. The van der Waals surface area contributed by atoms with Crippen LogP contribution in [-0.2, 0) is 20.9 Å². The first-order valence-electron chi connectivity index (χ1n) is 14.8. The molecular formula is C34H37N3O5. The summed E-state index contributed by atoms with van der Waals surface area (Å²) >= 11 is 0. The minimum Gasteiger partial charge on any atom is -0.481 e. The molecule has 2 fully saturated rings. The summed E-state index contributed by atoms with van der Waals surface area (Å²) in [6.07, 6.45) is 0.243. The molecule has 2 amide bonds. The average molecular weight is 568 g/mol.